The van der Waals surface area contributed by atoms with Crippen LogP contribution in [0.5, 0.6) is 0 Å². The summed E-state index contributed by atoms with van der Waals surface area (Å²) in [6.07, 6.45) is 3.21. The van der Waals surface area contributed by atoms with Crippen LogP contribution in [-0.2, 0) is 9.59 Å². The number of hydrogen-bond acceptors (Lipinski definition) is 3. The van der Waals surface area contributed by atoms with Crippen LogP contribution >= 0.6 is 0 Å². The molecule has 0 bridgehead atoms. The Hall–Kier alpha value is -1.10. The predicted molar refractivity (Wildman–Crippen MR) is 66.8 cm³/mol. The van der Waals surface area contributed by atoms with Gasteiger partial charge in [-0.2, -0.15) is 0 Å². The second-order valence-electron chi connectivity index (χ2n) is 4.20. The monoisotopic (exact) mass is 244 g/mol. The zero-order chi connectivity index (χ0) is 13.1. The summed E-state index contributed by atoms with van der Waals surface area (Å²) in [6.45, 7) is 3.37. The maximum Gasteiger partial charge on any atom is 0.303 e. The van der Waals surface area contributed by atoms with Gasteiger partial charge in [0.25, 0.3) is 0 Å². The second kappa shape index (κ2) is 10.1. The van der Waals surface area contributed by atoms with Gasteiger partial charge >= 0.3 is 5.97 Å². The van der Waals surface area contributed by atoms with E-state index in [0.717, 1.165) is 12.8 Å². The van der Waals surface area contributed by atoms with Gasteiger partial charge in [0, 0.05) is 25.9 Å². The van der Waals surface area contributed by atoms with Gasteiger partial charge < -0.3 is 15.7 Å². The van der Waals surface area contributed by atoms with Crippen LogP contribution in [0.3, 0.4) is 0 Å². The number of carbonyl (C=O) groups excluding carboxylic acids is 1. The van der Waals surface area contributed by atoms with Gasteiger partial charge in [0.15, 0.2) is 0 Å². The fourth-order valence-corrected chi connectivity index (χ4v) is 1.62. The molecule has 100 valence electrons. The molecular formula is C12H24N2O3. The third-order valence-electron chi connectivity index (χ3n) is 2.82. The molecule has 1 unspecified atom stereocenters. The standard InChI is InChI=1S/C12H24N2O3/c1-3-10(4-5-12(16)17)6-9-14-11(15)7-8-13-2/h10,13H,3-9H2,1-2H3,(H,14,15)(H,16,17). The second-order valence-corrected chi connectivity index (χ2v) is 4.20. The minimum atomic E-state index is -0.749. The molecule has 0 aliphatic heterocycles. The molecule has 0 radical (unpaired) electrons. The van der Waals surface area contributed by atoms with Gasteiger partial charge in [0.2, 0.25) is 5.91 Å². The van der Waals surface area contributed by atoms with Gasteiger partial charge in [-0.05, 0) is 25.8 Å². The van der Waals surface area contributed by atoms with Crippen molar-refractivity contribution in [3.63, 3.8) is 0 Å². The van der Waals surface area contributed by atoms with E-state index >= 15 is 0 Å². The molecule has 17 heavy (non-hydrogen) atoms. The Bertz CT molecular complexity index is 232. The molecule has 0 fully saturated rings. The summed E-state index contributed by atoms with van der Waals surface area (Å²) in [4.78, 5) is 21.7. The minimum Gasteiger partial charge on any atom is -0.481 e. The SMILES string of the molecule is CCC(CCNC(=O)CCNC)CCC(=O)O. The van der Waals surface area contributed by atoms with Crippen molar-refractivity contribution in [2.24, 2.45) is 5.92 Å². The van der Waals surface area contributed by atoms with Crippen molar-refractivity contribution in [2.75, 3.05) is 20.1 Å². The normalized spacial score (nSPS) is 12.1. The van der Waals surface area contributed by atoms with E-state index in [2.05, 4.69) is 17.6 Å². The summed E-state index contributed by atoms with van der Waals surface area (Å²) in [7, 11) is 1.81. The third-order valence-corrected chi connectivity index (χ3v) is 2.82. The molecule has 0 spiro atoms. The summed E-state index contributed by atoms with van der Waals surface area (Å²) < 4.78 is 0. The molecule has 0 aliphatic carbocycles. The van der Waals surface area contributed by atoms with Crippen molar-refractivity contribution in [3.8, 4) is 0 Å². The van der Waals surface area contributed by atoms with Crippen molar-refractivity contribution < 1.29 is 14.7 Å². The van der Waals surface area contributed by atoms with E-state index in [1.54, 1.807) is 0 Å². The van der Waals surface area contributed by atoms with E-state index in [1.807, 2.05) is 7.05 Å². The lowest BCUT2D eigenvalue weighted by Gasteiger charge is -2.13. The van der Waals surface area contributed by atoms with Crippen LogP contribution in [0.25, 0.3) is 0 Å². The van der Waals surface area contributed by atoms with E-state index in [0.29, 0.717) is 31.8 Å². The van der Waals surface area contributed by atoms with E-state index in [1.165, 1.54) is 0 Å². The van der Waals surface area contributed by atoms with Crippen LogP contribution in [0.15, 0.2) is 0 Å². The first-order valence-electron chi connectivity index (χ1n) is 6.23. The molecule has 0 aromatic heterocycles. The lowest BCUT2D eigenvalue weighted by molar-refractivity contribution is -0.137. The summed E-state index contributed by atoms with van der Waals surface area (Å²) in [6, 6.07) is 0. The number of carbonyl (C=O) groups is 2. The first-order chi connectivity index (χ1) is 8.10. The molecule has 0 rings (SSSR count). The molecule has 0 aromatic rings. The van der Waals surface area contributed by atoms with Crippen molar-refractivity contribution in [2.45, 2.75) is 39.0 Å². The maximum absolute atomic E-state index is 11.3. The summed E-state index contributed by atoms with van der Waals surface area (Å²) in [5.74, 6) is -0.315. The maximum atomic E-state index is 11.3. The van der Waals surface area contributed by atoms with Crippen LogP contribution < -0.4 is 10.6 Å². The first-order valence-corrected chi connectivity index (χ1v) is 6.23. The zero-order valence-electron chi connectivity index (χ0n) is 10.8. The van der Waals surface area contributed by atoms with Crippen molar-refractivity contribution in [1.29, 1.82) is 0 Å². The molecule has 0 saturated heterocycles. The van der Waals surface area contributed by atoms with Gasteiger partial charge in [-0.15, -0.1) is 0 Å². The molecule has 3 N–H and O–H groups in total. The quantitative estimate of drug-likeness (QED) is 0.535. The van der Waals surface area contributed by atoms with E-state index in [4.69, 9.17) is 5.11 Å². The van der Waals surface area contributed by atoms with Crippen LogP contribution in [0.4, 0.5) is 0 Å². The number of carboxylic acids is 1. The van der Waals surface area contributed by atoms with Crippen molar-refractivity contribution in [1.82, 2.24) is 10.6 Å². The lowest BCUT2D eigenvalue weighted by Crippen LogP contribution is -2.28. The Morgan fingerprint density at radius 1 is 1.18 bits per heavy atom. The van der Waals surface area contributed by atoms with Crippen LogP contribution in [-0.4, -0.2) is 37.1 Å². The van der Waals surface area contributed by atoms with Crippen LogP contribution in [0.1, 0.15) is 39.0 Å². The lowest BCUT2D eigenvalue weighted by atomic mass is 9.96. The fourth-order valence-electron chi connectivity index (χ4n) is 1.62. The Morgan fingerprint density at radius 3 is 2.41 bits per heavy atom. The number of carboxylic acid groups (broad SMARTS) is 1. The fraction of sp³-hybridized carbons (Fsp3) is 0.833. The smallest absolute Gasteiger partial charge is 0.303 e. The average Bonchev–Trinajstić information content (AvgIpc) is 2.30. The van der Waals surface area contributed by atoms with Crippen molar-refractivity contribution >= 4 is 11.9 Å². The Labute approximate surface area is 103 Å². The Kier molecular flexibility index (Phi) is 9.43. The number of nitrogens with one attached hydrogen (secondary N) is 2. The topological polar surface area (TPSA) is 78.4 Å². The van der Waals surface area contributed by atoms with Crippen molar-refractivity contribution in [3.05, 3.63) is 0 Å². The van der Waals surface area contributed by atoms with E-state index < -0.39 is 5.97 Å². The molecule has 5 nitrogen and oxygen atoms in total. The highest BCUT2D eigenvalue weighted by atomic mass is 16.4. The van der Waals surface area contributed by atoms with Gasteiger partial charge in [-0.25, -0.2) is 0 Å². The molecule has 0 saturated carbocycles. The average molecular weight is 244 g/mol. The molecule has 0 aliphatic rings. The molecule has 0 aromatic carbocycles. The van der Waals surface area contributed by atoms with Gasteiger partial charge in [-0.3, -0.25) is 9.59 Å². The third kappa shape index (κ3) is 9.81. The summed E-state index contributed by atoms with van der Waals surface area (Å²) >= 11 is 0. The first kappa shape index (κ1) is 15.9. The van der Waals surface area contributed by atoms with E-state index in [9.17, 15) is 9.59 Å². The largest absolute Gasteiger partial charge is 0.481 e. The number of rotatable bonds is 10. The van der Waals surface area contributed by atoms with Gasteiger partial charge in [0.1, 0.15) is 0 Å². The predicted octanol–water partition coefficient (Wildman–Crippen LogP) is 0.993. The zero-order valence-corrected chi connectivity index (χ0v) is 10.8. The minimum absolute atomic E-state index is 0.0486. The summed E-state index contributed by atoms with van der Waals surface area (Å²) in [5.41, 5.74) is 0. The molecule has 0 heterocycles. The highest BCUT2D eigenvalue weighted by molar-refractivity contribution is 5.75. The van der Waals surface area contributed by atoms with Gasteiger partial charge in [-0.1, -0.05) is 13.3 Å². The molecular weight excluding hydrogens is 220 g/mol. The number of amides is 1. The van der Waals surface area contributed by atoms with E-state index in [-0.39, 0.29) is 12.3 Å². The van der Waals surface area contributed by atoms with Crippen LogP contribution in [0.2, 0.25) is 0 Å². The molecule has 5 heteroatoms. The highest BCUT2D eigenvalue weighted by Gasteiger charge is 2.09. The molecule has 1 amide bonds. The van der Waals surface area contributed by atoms with Gasteiger partial charge in [0.05, 0.1) is 0 Å². The number of hydrogen-bond donors (Lipinski definition) is 3. The Morgan fingerprint density at radius 2 is 1.88 bits per heavy atom. The Balaban J connectivity index is 3.61. The highest BCUT2D eigenvalue weighted by Crippen LogP contribution is 2.14. The molecule has 1 atom stereocenters. The number of aliphatic carboxylic acids is 1. The van der Waals surface area contributed by atoms with Crippen LogP contribution in [0, 0.1) is 5.92 Å². The summed E-state index contributed by atoms with van der Waals surface area (Å²) in [5, 5.41) is 14.4.